The zero-order valence-electron chi connectivity index (χ0n) is 10.4. The molecule has 7 heteroatoms. The van der Waals surface area contributed by atoms with E-state index in [1.807, 2.05) is 0 Å². The van der Waals surface area contributed by atoms with Crippen molar-refractivity contribution in [2.45, 2.75) is 25.8 Å². The van der Waals surface area contributed by atoms with Gasteiger partial charge in [0.05, 0.1) is 5.56 Å². The van der Waals surface area contributed by atoms with Crippen LogP contribution in [-0.4, -0.2) is 23.0 Å². The van der Waals surface area contributed by atoms with E-state index in [9.17, 15) is 13.6 Å². The molecule has 1 aromatic carbocycles. The fourth-order valence-electron chi connectivity index (χ4n) is 1.53. The van der Waals surface area contributed by atoms with Crippen molar-refractivity contribution in [3.8, 4) is 0 Å². The first-order valence-electron chi connectivity index (χ1n) is 5.70. The lowest BCUT2D eigenvalue weighted by Gasteiger charge is -2.16. The van der Waals surface area contributed by atoms with Crippen molar-refractivity contribution in [2.24, 2.45) is 10.9 Å². The highest BCUT2D eigenvalue weighted by Gasteiger charge is 2.17. The van der Waals surface area contributed by atoms with Crippen LogP contribution in [-0.2, 0) is 0 Å². The summed E-state index contributed by atoms with van der Waals surface area (Å²) in [7, 11) is 0. The first kappa shape index (κ1) is 14.9. The van der Waals surface area contributed by atoms with Gasteiger partial charge in [-0.25, -0.2) is 8.78 Å². The Morgan fingerprint density at radius 3 is 2.79 bits per heavy atom. The maximum absolute atomic E-state index is 13.4. The van der Waals surface area contributed by atoms with Crippen molar-refractivity contribution in [1.29, 1.82) is 0 Å². The van der Waals surface area contributed by atoms with Crippen LogP contribution in [0.5, 0.6) is 0 Å². The standard InChI is InChI=1S/C12H15F2N3O2/c1-2-8(6-11(15)17-19)16-12(18)9-5-7(13)3-4-10(9)14/h3-5,8,19H,2,6H2,1H3,(H2,15,17)(H,16,18). The first-order valence-corrected chi connectivity index (χ1v) is 5.70. The number of nitrogens with two attached hydrogens (primary N) is 1. The summed E-state index contributed by atoms with van der Waals surface area (Å²) in [5.41, 5.74) is 4.96. The minimum Gasteiger partial charge on any atom is -0.409 e. The molecule has 1 unspecified atom stereocenters. The number of rotatable bonds is 5. The number of oxime groups is 1. The van der Waals surface area contributed by atoms with Crippen LogP contribution < -0.4 is 11.1 Å². The third-order valence-electron chi connectivity index (χ3n) is 2.59. The Kier molecular flexibility index (Phi) is 5.23. The summed E-state index contributed by atoms with van der Waals surface area (Å²) in [5, 5.41) is 13.7. The number of nitrogens with one attached hydrogen (secondary N) is 1. The van der Waals surface area contributed by atoms with Gasteiger partial charge in [0.25, 0.3) is 5.91 Å². The van der Waals surface area contributed by atoms with Gasteiger partial charge in [0.15, 0.2) is 0 Å². The summed E-state index contributed by atoms with van der Waals surface area (Å²) >= 11 is 0. The predicted molar refractivity (Wildman–Crippen MR) is 65.9 cm³/mol. The maximum Gasteiger partial charge on any atom is 0.254 e. The summed E-state index contributed by atoms with van der Waals surface area (Å²) in [6.07, 6.45) is 0.620. The van der Waals surface area contributed by atoms with E-state index in [-0.39, 0.29) is 17.8 Å². The van der Waals surface area contributed by atoms with Crippen LogP contribution in [0.3, 0.4) is 0 Å². The van der Waals surface area contributed by atoms with E-state index in [4.69, 9.17) is 10.9 Å². The van der Waals surface area contributed by atoms with Gasteiger partial charge < -0.3 is 16.3 Å². The Morgan fingerprint density at radius 2 is 2.21 bits per heavy atom. The van der Waals surface area contributed by atoms with Crippen molar-refractivity contribution in [2.75, 3.05) is 0 Å². The highest BCUT2D eigenvalue weighted by molar-refractivity contribution is 5.95. The number of carbonyl (C=O) groups is 1. The summed E-state index contributed by atoms with van der Waals surface area (Å²) in [4.78, 5) is 11.8. The molecule has 0 saturated heterocycles. The number of carbonyl (C=O) groups excluding carboxylic acids is 1. The number of nitrogens with zero attached hydrogens (tertiary/aromatic N) is 1. The van der Waals surface area contributed by atoms with Gasteiger partial charge in [0.1, 0.15) is 17.5 Å². The normalized spacial score (nSPS) is 13.1. The van der Waals surface area contributed by atoms with Gasteiger partial charge in [-0.2, -0.15) is 0 Å². The largest absolute Gasteiger partial charge is 0.409 e. The minimum absolute atomic E-state index is 0.0492. The fourth-order valence-corrected chi connectivity index (χ4v) is 1.53. The molecule has 1 atom stereocenters. The number of amides is 1. The van der Waals surface area contributed by atoms with Crippen LogP contribution in [0.15, 0.2) is 23.4 Å². The molecular weight excluding hydrogens is 256 g/mol. The molecule has 0 radical (unpaired) electrons. The molecule has 0 aliphatic carbocycles. The Hall–Kier alpha value is -2.18. The zero-order chi connectivity index (χ0) is 14.4. The average molecular weight is 271 g/mol. The molecule has 5 nitrogen and oxygen atoms in total. The average Bonchev–Trinajstić information content (AvgIpc) is 2.40. The second-order valence-corrected chi connectivity index (χ2v) is 4.00. The maximum atomic E-state index is 13.4. The Labute approximate surface area is 109 Å². The van der Waals surface area contributed by atoms with Gasteiger partial charge in [0, 0.05) is 12.5 Å². The topological polar surface area (TPSA) is 87.7 Å². The van der Waals surface area contributed by atoms with Gasteiger partial charge in [-0.1, -0.05) is 12.1 Å². The molecule has 0 bridgehead atoms. The second kappa shape index (κ2) is 6.67. The molecule has 1 aromatic rings. The second-order valence-electron chi connectivity index (χ2n) is 4.00. The molecule has 0 saturated carbocycles. The third kappa shape index (κ3) is 4.20. The van der Waals surface area contributed by atoms with E-state index in [0.29, 0.717) is 6.42 Å². The molecule has 0 aromatic heterocycles. The van der Waals surface area contributed by atoms with Crippen LogP contribution >= 0.6 is 0 Å². The van der Waals surface area contributed by atoms with Crippen molar-refractivity contribution >= 4 is 11.7 Å². The first-order chi connectivity index (χ1) is 8.97. The van der Waals surface area contributed by atoms with E-state index in [1.165, 1.54) is 0 Å². The Morgan fingerprint density at radius 1 is 1.53 bits per heavy atom. The number of amidine groups is 1. The van der Waals surface area contributed by atoms with Crippen molar-refractivity contribution < 1.29 is 18.8 Å². The summed E-state index contributed by atoms with van der Waals surface area (Å²) in [5.74, 6) is -2.30. The zero-order valence-corrected chi connectivity index (χ0v) is 10.4. The van der Waals surface area contributed by atoms with Crippen LogP contribution in [0.25, 0.3) is 0 Å². The molecule has 19 heavy (non-hydrogen) atoms. The summed E-state index contributed by atoms with van der Waals surface area (Å²) < 4.78 is 26.4. The number of hydrogen-bond acceptors (Lipinski definition) is 3. The molecule has 0 aliphatic rings. The van der Waals surface area contributed by atoms with Crippen LogP contribution in [0.2, 0.25) is 0 Å². The van der Waals surface area contributed by atoms with E-state index < -0.39 is 23.6 Å². The van der Waals surface area contributed by atoms with Gasteiger partial charge in [-0.15, -0.1) is 0 Å². The highest BCUT2D eigenvalue weighted by atomic mass is 19.1. The Balaban J connectivity index is 2.80. The van der Waals surface area contributed by atoms with E-state index in [1.54, 1.807) is 6.92 Å². The minimum atomic E-state index is -0.808. The highest BCUT2D eigenvalue weighted by Crippen LogP contribution is 2.10. The quantitative estimate of drug-likeness (QED) is 0.329. The van der Waals surface area contributed by atoms with Crippen molar-refractivity contribution in [3.05, 3.63) is 35.4 Å². The van der Waals surface area contributed by atoms with Crippen LogP contribution in [0.4, 0.5) is 8.78 Å². The van der Waals surface area contributed by atoms with Crippen molar-refractivity contribution in [1.82, 2.24) is 5.32 Å². The monoisotopic (exact) mass is 271 g/mol. The molecule has 104 valence electrons. The molecule has 1 rings (SSSR count). The number of halogens is 2. The lowest BCUT2D eigenvalue weighted by Crippen LogP contribution is -2.38. The van der Waals surface area contributed by atoms with Gasteiger partial charge in [-0.3, -0.25) is 4.79 Å². The molecule has 0 spiro atoms. The number of benzene rings is 1. The Bertz CT molecular complexity index is 492. The van der Waals surface area contributed by atoms with Crippen LogP contribution in [0.1, 0.15) is 30.1 Å². The summed E-state index contributed by atoms with van der Waals surface area (Å²) in [6.45, 7) is 1.78. The van der Waals surface area contributed by atoms with E-state index >= 15 is 0 Å². The molecule has 4 N–H and O–H groups in total. The van der Waals surface area contributed by atoms with Gasteiger partial charge in [-0.05, 0) is 24.6 Å². The molecule has 0 heterocycles. The van der Waals surface area contributed by atoms with Crippen LogP contribution in [0, 0.1) is 11.6 Å². The fraction of sp³-hybridized carbons (Fsp3) is 0.333. The van der Waals surface area contributed by atoms with E-state index in [0.717, 1.165) is 18.2 Å². The lowest BCUT2D eigenvalue weighted by molar-refractivity contribution is 0.0932. The molecule has 0 fully saturated rings. The molecule has 0 aliphatic heterocycles. The summed E-state index contributed by atoms with van der Waals surface area (Å²) in [6, 6.07) is 2.21. The molecule has 1 amide bonds. The molecular formula is C12H15F2N3O2. The van der Waals surface area contributed by atoms with Gasteiger partial charge in [0.2, 0.25) is 0 Å². The third-order valence-corrected chi connectivity index (χ3v) is 2.59. The predicted octanol–water partition coefficient (Wildman–Crippen LogP) is 1.61. The smallest absolute Gasteiger partial charge is 0.254 e. The lowest BCUT2D eigenvalue weighted by atomic mass is 10.1. The van der Waals surface area contributed by atoms with Gasteiger partial charge >= 0.3 is 0 Å². The van der Waals surface area contributed by atoms with Crippen molar-refractivity contribution in [3.63, 3.8) is 0 Å². The van der Waals surface area contributed by atoms with E-state index in [2.05, 4.69) is 10.5 Å². The number of hydrogen-bond donors (Lipinski definition) is 3. The SMILES string of the molecule is CCC(CC(N)=NO)NC(=O)c1cc(F)ccc1F.